The normalized spacial score (nSPS) is 15.1. The molecule has 1 saturated carbocycles. The van der Waals surface area contributed by atoms with Gasteiger partial charge in [0, 0.05) is 30.9 Å². The average molecular weight is 221 g/mol. The lowest BCUT2D eigenvalue weighted by atomic mass is 10.1. The van der Waals surface area contributed by atoms with Crippen molar-refractivity contribution in [3.8, 4) is 0 Å². The second-order valence-corrected chi connectivity index (χ2v) is 4.20. The van der Waals surface area contributed by atoms with Crippen molar-refractivity contribution in [1.29, 1.82) is 0 Å². The highest BCUT2D eigenvalue weighted by molar-refractivity contribution is 5.55. The van der Waals surface area contributed by atoms with Gasteiger partial charge in [-0.05, 0) is 18.9 Å². The molecule has 0 saturated heterocycles. The van der Waals surface area contributed by atoms with Crippen molar-refractivity contribution in [2.45, 2.75) is 25.5 Å². The Morgan fingerprint density at radius 1 is 1.38 bits per heavy atom. The highest BCUT2D eigenvalue weighted by Gasteiger charge is 2.29. The monoisotopic (exact) mass is 221 g/mol. The second kappa shape index (κ2) is 5.32. The van der Waals surface area contributed by atoms with Crippen LogP contribution in [0.5, 0.6) is 0 Å². The maximum absolute atomic E-state index is 9.34. The SMILES string of the molecule is COCCN(c1ccccc1CO)C1CC1. The molecule has 0 unspecified atom stereocenters. The van der Waals surface area contributed by atoms with Crippen molar-refractivity contribution in [2.75, 3.05) is 25.2 Å². The summed E-state index contributed by atoms with van der Waals surface area (Å²) in [6.07, 6.45) is 2.51. The Labute approximate surface area is 96.6 Å². The first-order valence-corrected chi connectivity index (χ1v) is 5.81. The van der Waals surface area contributed by atoms with Gasteiger partial charge >= 0.3 is 0 Å². The largest absolute Gasteiger partial charge is 0.392 e. The standard InChI is InChI=1S/C13H19NO2/c1-16-9-8-14(12-6-7-12)13-5-3-2-4-11(13)10-15/h2-5,12,15H,6-10H2,1H3. The molecule has 0 radical (unpaired) electrons. The van der Waals surface area contributed by atoms with Crippen LogP contribution >= 0.6 is 0 Å². The summed E-state index contributed by atoms with van der Waals surface area (Å²) in [5.74, 6) is 0. The molecule has 1 aliphatic carbocycles. The van der Waals surface area contributed by atoms with Gasteiger partial charge in [-0.25, -0.2) is 0 Å². The zero-order valence-electron chi connectivity index (χ0n) is 9.72. The number of anilines is 1. The van der Waals surface area contributed by atoms with Gasteiger partial charge in [-0.15, -0.1) is 0 Å². The Morgan fingerprint density at radius 3 is 2.75 bits per heavy atom. The van der Waals surface area contributed by atoms with Gasteiger partial charge in [0.15, 0.2) is 0 Å². The minimum Gasteiger partial charge on any atom is -0.392 e. The summed E-state index contributed by atoms with van der Waals surface area (Å²) >= 11 is 0. The number of rotatable bonds is 6. The first-order chi connectivity index (χ1) is 7.86. The van der Waals surface area contributed by atoms with E-state index in [1.54, 1.807) is 7.11 Å². The van der Waals surface area contributed by atoms with Crippen LogP contribution in [0.3, 0.4) is 0 Å². The van der Waals surface area contributed by atoms with Crippen molar-refractivity contribution in [3.05, 3.63) is 29.8 Å². The number of aliphatic hydroxyl groups is 1. The fraction of sp³-hybridized carbons (Fsp3) is 0.538. The fourth-order valence-electron chi connectivity index (χ4n) is 2.00. The van der Waals surface area contributed by atoms with Gasteiger partial charge < -0.3 is 14.7 Å². The van der Waals surface area contributed by atoms with Crippen molar-refractivity contribution in [1.82, 2.24) is 0 Å². The summed E-state index contributed by atoms with van der Waals surface area (Å²) in [5, 5.41) is 9.34. The molecule has 0 atom stereocenters. The van der Waals surface area contributed by atoms with Gasteiger partial charge in [0.05, 0.1) is 13.2 Å². The average Bonchev–Trinajstić information content (AvgIpc) is 3.14. The van der Waals surface area contributed by atoms with E-state index in [9.17, 15) is 5.11 Å². The predicted octanol–water partition coefficient (Wildman–Crippen LogP) is 1.79. The minimum atomic E-state index is 0.104. The van der Waals surface area contributed by atoms with Crippen molar-refractivity contribution < 1.29 is 9.84 Å². The van der Waals surface area contributed by atoms with E-state index in [1.165, 1.54) is 12.8 Å². The topological polar surface area (TPSA) is 32.7 Å². The number of hydrogen-bond acceptors (Lipinski definition) is 3. The number of nitrogens with zero attached hydrogens (tertiary/aromatic N) is 1. The predicted molar refractivity (Wildman–Crippen MR) is 64.6 cm³/mol. The van der Waals surface area contributed by atoms with E-state index in [1.807, 2.05) is 18.2 Å². The molecule has 16 heavy (non-hydrogen) atoms. The quantitative estimate of drug-likeness (QED) is 0.795. The van der Waals surface area contributed by atoms with Gasteiger partial charge in [0.2, 0.25) is 0 Å². The maximum Gasteiger partial charge on any atom is 0.0702 e. The summed E-state index contributed by atoms with van der Waals surface area (Å²) in [6.45, 7) is 1.74. The lowest BCUT2D eigenvalue weighted by Crippen LogP contribution is -2.30. The van der Waals surface area contributed by atoms with Gasteiger partial charge in [-0.1, -0.05) is 18.2 Å². The molecule has 1 N–H and O–H groups in total. The Kier molecular flexibility index (Phi) is 3.80. The van der Waals surface area contributed by atoms with Crippen LogP contribution in [0, 0.1) is 0 Å². The molecule has 0 bridgehead atoms. The Hall–Kier alpha value is -1.06. The highest BCUT2D eigenvalue weighted by Crippen LogP contribution is 2.33. The molecule has 88 valence electrons. The number of hydrogen-bond donors (Lipinski definition) is 1. The lowest BCUT2D eigenvalue weighted by molar-refractivity contribution is 0.204. The second-order valence-electron chi connectivity index (χ2n) is 4.20. The number of benzene rings is 1. The van der Waals surface area contributed by atoms with Gasteiger partial charge in [0.1, 0.15) is 0 Å². The fourth-order valence-corrected chi connectivity index (χ4v) is 2.00. The van der Waals surface area contributed by atoms with Crippen LogP contribution in [0.25, 0.3) is 0 Å². The Bertz CT molecular complexity index is 336. The van der Waals surface area contributed by atoms with Crippen molar-refractivity contribution in [2.24, 2.45) is 0 Å². The molecule has 1 aliphatic rings. The van der Waals surface area contributed by atoms with Crippen LogP contribution < -0.4 is 4.90 Å². The number of ether oxygens (including phenoxy) is 1. The first kappa shape index (κ1) is 11.4. The van der Waals surface area contributed by atoms with Crippen LogP contribution in [0.4, 0.5) is 5.69 Å². The van der Waals surface area contributed by atoms with Gasteiger partial charge in [-0.3, -0.25) is 0 Å². The van der Waals surface area contributed by atoms with E-state index < -0.39 is 0 Å². The van der Waals surface area contributed by atoms with Crippen LogP contribution in [-0.2, 0) is 11.3 Å². The lowest BCUT2D eigenvalue weighted by Gasteiger charge is -2.26. The molecule has 0 amide bonds. The van der Waals surface area contributed by atoms with Crippen LogP contribution in [-0.4, -0.2) is 31.4 Å². The zero-order chi connectivity index (χ0) is 11.4. The summed E-state index contributed by atoms with van der Waals surface area (Å²) in [4.78, 5) is 2.36. The van der Waals surface area contributed by atoms with E-state index in [0.717, 1.165) is 24.4 Å². The molecule has 0 aliphatic heterocycles. The third kappa shape index (κ3) is 2.54. The van der Waals surface area contributed by atoms with Crippen LogP contribution in [0.1, 0.15) is 18.4 Å². The number of aliphatic hydroxyl groups excluding tert-OH is 1. The van der Waals surface area contributed by atoms with Crippen molar-refractivity contribution in [3.63, 3.8) is 0 Å². The van der Waals surface area contributed by atoms with E-state index in [4.69, 9.17) is 4.74 Å². The highest BCUT2D eigenvalue weighted by atomic mass is 16.5. The third-order valence-corrected chi connectivity index (χ3v) is 3.00. The summed E-state index contributed by atoms with van der Waals surface area (Å²) in [5.41, 5.74) is 2.16. The molecule has 3 heteroatoms. The molecule has 1 aromatic rings. The molecule has 0 aromatic heterocycles. The van der Waals surface area contributed by atoms with Crippen LogP contribution in [0.15, 0.2) is 24.3 Å². The Balaban J connectivity index is 2.16. The molecule has 1 fully saturated rings. The minimum absolute atomic E-state index is 0.104. The number of para-hydroxylation sites is 1. The van der Waals surface area contributed by atoms with Gasteiger partial charge in [0.25, 0.3) is 0 Å². The Morgan fingerprint density at radius 2 is 2.12 bits per heavy atom. The molecule has 3 nitrogen and oxygen atoms in total. The molecular formula is C13H19NO2. The first-order valence-electron chi connectivity index (χ1n) is 5.81. The smallest absolute Gasteiger partial charge is 0.0702 e. The summed E-state index contributed by atoms with van der Waals surface area (Å²) in [6, 6.07) is 8.70. The maximum atomic E-state index is 9.34. The third-order valence-electron chi connectivity index (χ3n) is 3.00. The van der Waals surface area contributed by atoms with E-state index in [-0.39, 0.29) is 6.61 Å². The molecule has 0 heterocycles. The summed E-state index contributed by atoms with van der Waals surface area (Å²) < 4.78 is 5.14. The van der Waals surface area contributed by atoms with Crippen molar-refractivity contribution >= 4 is 5.69 Å². The molecule has 0 spiro atoms. The molecular weight excluding hydrogens is 202 g/mol. The van der Waals surface area contributed by atoms with Gasteiger partial charge in [-0.2, -0.15) is 0 Å². The summed E-state index contributed by atoms with van der Waals surface area (Å²) in [7, 11) is 1.73. The molecule has 2 rings (SSSR count). The van der Waals surface area contributed by atoms with E-state index in [0.29, 0.717) is 6.04 Å². The zero-order valence-corrected chi connectivity index (χ0v) is 9.72. The molecule has 1 aromatic carbocycles. The van der Waals surface area contributed by atoms with Crippen LogP contribution in [0.2, 0.25) is 0 Å². The number of methoxy groups -OCH3 is 1. The van der Waals surface area contributed by atoms with E-state index >= 15 is 0 Å². The van der Waals surface area contributed by atoms with E-state index in [2.05, 4.69) is 11.0 Å².